The minimum Gasteiger partial charge on any atom is -0.344 e. The third-order valence-corrected chi connectivity index (χ3v) is 4.31. The quantitative estimate of drug-likeness (QED) is 0.618. The zero-order chi connectivity index (χ0) is 12.1. The van der Waals surface area contributed by atoms with E-state index in [4.69, 9.17) is 0 Å². The Morgan fingerprint density at radius 3 is 2.71 bits per heavy atom. The third-order valence-electron chi connectivity index (χ3n) is 3.09. The number of thioether (sulfide) groups is 1. The Morgan fingerprint density at radius 1 is 1.29 bits per heavy atom. The van der Waals surface area contributed by atoms with Gasteiger partial charge in [-0.2, -0.15) is 11.8 Å². The number of nitrogens with one attached hydrogen (secondary N) is 2. The molecule has 17 heavy (non-hydrogen) atoms. The van der Waals surface area contributed by atoms with Gasteiger partial charge in [0.15, 0.2) is 0 Å². The lowest BCUT2D eigenvalue weighted by Crippen LogP contribution is -2.53. The average Bonchev–Trinajstić information content (AvgIpc) is 2.40. The van der Waals surface area contributed by atoms with Crippen LogP contribution in [-0.4, -0.2) is 60.4 Å². The molecule has 0 aromatic rings. The van der Waals surface area contributed by atoms with Gasteiger partial charge in [-0.15, -0.1) is 0 Å². The molecule has 2 N–H and O–H groups in total. The summed E-state index contributed by atoms with van der Waals surface area (Å²) in [6.45, 7) is 2.81. The molecule has 0 aromatic carbocycles. The molecule has 2 rings (SSSR count). The highest BCUT2D eigenvalue weighted by atomic mass is 32.2. The van der Waals surface area contributed by atoms with Crippen LogP contribution in [0.25, 0.3) is 0 Å². The van der Waals surface area contributed by atoms with Crippen LogP contribution in [0.4, 0.5) is 0 Å². The Bertz CT molecular complexity index is 286. The SMILES string of the molecule is O=C(NC1CCCSC1)C(=O)N1CCNCC1. The van der Waals surface area contributed by atoms with E-state index in [-0.39, 0.29) is 11.9 Å². The first-order valence-electron chi connectivity index (χ1n) is 6.15. The van der Waals surface area contributed by atoms with Crippen LogP contribution in [0.3, 0.4) is 0 Å². The molecule has 0 bridgehead atoms. The second kappa shape index (κ2) is 6.26. The smallest absolute Gasteiger partial charge is 0.311 e. The molecule has 2 heterocycles. The van der Waals surface area contributed by atoms with Gasteiger partial charge >= 0.3 is 11.8 Å². The summed E-state index contributed by atoms with van der Waals surface area (Å²) in [5, 5.41) is 6.01. The van der Waals surface area contributed by atoms with Gasteiger partial charge in [0.05, 0.1) is 0 Å². The predicted octanol–water partition coefficient (Wildman–Crippen LogP) is -0.570. The molecule has 0 aliphatic carbocycles. The fourth-order valence-electron chi connectivity index (χ4n) is 2.11. The summed E-state index contributed by atoms with van der Waals surface area (Å²) < 4.78 is 0. The van der Waals surface area contributed by atoms with Crippen molar-refractivity contribution in [2.24, 2.45) is 0 Å². The molecule has 2 aliphatic heterocycles. The second-order valence-corrected chi connectivity index (χ2v) is 5.58. The first-order chi connectivity index (χ1) is 8.27. The van der Waals surface area contributed by atoms with Gasteiger partial charge in [-0.05, 0) is 18.6 Å². The van der Waals surface area contributed by atoms with Crippen LogP contribution >= 0.6 is 11.8 Å². The van der Waals surface area contributed by atoms with Crippen molar-refractivity contribution in [2.75, 3.05) is 37.7 Å². The molecular formula is C11H19N3O2S. The van der Waals surface area contributed by atoms with E-state index in [1.807, 2.05) is 11.8 Å². The molecule has 6 heteroatoms. The van der Waals surface area contributed by atoms with Gasteiger partial charge in [-0.25, -0.2) is 0 Å². The fraction of sp³-hybridized carbons (Fsp3) is 0.818. The average molecular weight is 257 g/mol. The van der Waals surface area contributed by atoms with E-state index in [9.17, 15) is 9.59 Å². The number of piperazine rings is 1. The lowest BCUT2D eigenvalue weighted by molar-refractivity contribution is -0.146. The molecule has 5 nitrogen and oxygen atoms in total. The van der Waals surface area contributed by atoms with E-state index in [2.05, 4.69) is 10.6 Å². The highest BCUT2D eigenvalue weighted by molar-refractivity contribution is 7.99. The van der Waals surface area contributed by atoms with Crippen LogP contribution in [0.15, 0.2) is 0 Å². The zero-order valence-corrected chi connectivity index (χ0v) is 10.7. The Morgan fingerprint density at radius 2 is 2.06 bits per heavy atom. The van der Waals surface area contributed by atoms with Crippen molar-refractivity contribution >= 4 is 23.6 Å². The molecule has 1 atom stereocenters. The lowest BCUT2D eigenvalue weighted by atomic mass is 10.2. The Labute approximate surface area is 106 Å². The van der Waals surface area contributed by atoms with Crippen molar-refractivity contribution in [3.8, 4) is 0 Å². The first-order valence-corrected chi connectivity index (χ1v) is 7.31. The lowest BCUT2D eigenvalue weighted by Gasteiger charge is -2.28. The fourth-order valence-corrected chi connectivity index (χ4v) is 3.19. The molecule has 0 aromatic heterocycles. The van der Waals surface area contributed by atoms with Crippen LogP contribution in [0, 0.1) is 0 Å². The summed E-state index contributed by atoms with van der Waals surface area (Å²) in [4.78, 5) is 25.3. The van der Waals surface area contributed by atoms with Gasteiger partial charge in [-0.1, -0.05) is 0 Å². The van der Waals surface area contributed by atoms with E-state index in [1.165, 1.54) is 0 Å². The van der Waals surface area contributed by atoms with Crippen molar-refractivity contribution in [2.45, 2.75) is 18.9 Å². The Balaban J connectivity index is 1.79. The van der Waals surface area contributed by atoms with Crippen molar-refractivity contribution in [1.82, 2.24) is 15.5 Å². The number of nitrogens with zero attached hydrogens (tertiary/aromatic N) is 1. The molecule has 0 spiro atoms. The number of amides is 2. The number of hydrogen-bond donors (Lipinski definition) is 2. The minimum atomic E-state index is -0.431. The molecule has 2 fully saturated rings. The number of carbonyl (C=O) groups excluding carboxylic acids is 2. The van der Waals surface area contributed by atoms with Gasteiger partial charge in [-0.3, -0.25) is 9.59 Å². The minimum absolute atomic E-state index is 0.174. The predicted molar refractivity (Wildman–Crippen MR) is 67.9 cm³/mol. The van der Waals surface area contributed by atoms with E-state index in [0.29, 0.717) is 13.1 Å². The topological polar surface area (TPSA) is 61.4 Å². The summed E-state index contributed by atoms with van der Waals surface area (Å²) in [5.41, 5.74) is 0. The summed E-state index contributed by atoms with van der Waals surface area (Å²) in [7, 11) is 0. The normalized spacial score (nSPS) is 25.4. The third kappa shape index (κ3) is 3.61. The molecule has 2 amide bonds. The van der Waals surface area contributed by atoms with Crippen molar-refractivity contribution in [3.05, 3.63) is 0 Å². The van der Waals surface area contributed by atoms with Gasteiger partial charge in [0.1, 0.15) is 0 Å². The largest absolute Gasteiger partial charge is 0.344 e. The van der Waals surface area contributed by atoms with Crippen LogP contribution in [0.5, 0.6) is 0 Å². The molecular weight excluding hydrogens is 238 g/mol. The second-order valence-electron chi connectivity index (χ2n) is 4.43. The van der Waals surface area contributed by atoms with Crippen molar-refractivity contribution in [1.29, 1.82) is 0 Å². The van der Waals surface area contributed by atoms with Gasteiger partial charge in [0.25, 0.3) is 0 Å². The van der Waals surface area contributed by atoms with Crippen LogP contribution < -0.4 is 10.6 Å². The van der Waals surface area contributed by atoms with E-state index < -0.39 is 5.91 Å². The zero-order valence-electron chi connectivity index (χ0n) is 9.91. The standard InChI is InChI=1S/C11H19N3O2S/c15-10(13-9-2-1-7-17-8-9)11(16)14-5-3-12-4-6-14/h9,12H,1-8H2,(H,13,15). The van der Waals surface area contributed by atoms with Gasteiger partial charge < -0.3 is 15.5 Å². The van der Waals surface area contributed by atoms with Gasteiger partial charge in [0.2, 0.25) is 0 Å². The Hall–Kier alpha value is -0.750. The summed E-state index contributed by atoms with van der Waals surface area (Å²) in [6.07, 6.45) is 2.12. The Kier molecular flexibility index (Phi) is 4.67. The van der Waals surface area contributed by atoms with Crippen LogP contribution in [-0.2, 0) is 9.59 Å². The van der Waals surface area contributed by atoms with Crippen molar-refractivity contribution in [3.63, 3.8) is 0 Å². The first kappa shape index (κ1) is 12.7. The summed E-state index contributed by atoms with van der Waals surface area (Å²) >= 11 is 1.84. The molecule has 0 saturated carbocycles. The van der Waals surface area contributed by atoms with Gasteiger partial charge in [0, 0.05) is 38.0 Å². The molecule has 2 saturated heterocycles. The van der Waals surface area contributed by atoms with Crippen molar-refractivity contribution < 1.29 is 9.59 Å². The van der Waals surface area contributed by atoms with E-state index in [0.717, 1.165) is 37.4 Å². The molecule has 1 unspecified atom stereocenters. The number of hydrogen-bond acceptors (Lipinski definition) is 4. The highest BCUT2D eigenvalue weighted by Crippen LogP contribution is 2.16. The van der Waals surface area contributed by atoms with Crippen LogP contribution in [0.1, 0.15) is 12.8 Å². The number of rotatable bonds is 1. The number of carbonyl (C=O) groups is 2. The molecule has 0 radical (unpaired) electrons. The molecule has 2 aliphatic rings. The maximum absolute atomic E-state index is 11.9. The summed E-state index contributed by atoms with van der Waals surface area (Å²) in [6, 6.07) is 0.174. The van der Waals surface area contributed by atoms with Crippen LogP contribution in [0.2, 0.25) is 0 Å². The highest BCUT2D eigenvalue weighted by Gasteiger charge is 2.25. The van der Waals surface area contributed by atoms with E-state index >= 15 is 0 Å². The van der Waals surface area contributed by atoms with E-state index in [1.54, 1.807) is 4.90 Å². The monoisotopic (exact) mass is 257 g/mol. The maximum atomic E-state index is 11.9. The summed E-state index contributed by atoms with van der Waals surface area (Å²) in [5.74, 6) is 1.29. The maximum Gasteiger partial charge on any atom is 0.311 e. The molecule has 96 valence electrons.